The molecule has 1 saturated heterocycles. The molecule has 146 valence electrons. The highest BCUT2D eigenvalue weighted by molar-refractivity contribution is 5.99. The van der Waals surface area contributed by atoms with E-state index < -0.39 is 0 Å². The Morgan fingerprint density at radius 3 is 2.69 bits per heavy atom. The van der Waals surface area contributed by atoms with Crippen LogP contribution in [-0.2, 0) is 17.8 Å². The van der Waals surface area contributed by atoms with Gasteiger partial charge in [0.15, 0.2) is 0 Å². The monoisotopic (exact) mass is 385 g/mol. The molecule has 6 heteroatoms. The summed E-state index contributed by atoms with van der Waals surface area (Å²) in [5.41, 5.74) is 3.87. The van der Waals surface area contributed by atoms with Crippen molar-refractivity contribution in [2.24, 2.45) is 0 Å². The Bertz CT molecular complexity index is 1000. The average molecular weight is 385 g/mol. The molecule has 0 unspecified atom stereocenters. The largest absolute Gasteiger partial charge is 0.330 e. The number of carbonyl (C=O) groups is 1. The number of imidazole rings is 1. The van der Waals surface area contributed by atoms with E-state index in [2.05, 4.69) is 20.9 Å². The van der Waals surface area contributed by atoms with E-state index in [1.165, 1.54) is 0 Å². The van der Waals surface area contributed by atoms with Gasteiger partial charge >= 0.3 is 0 Å². The number of aromatic nitrogens is 2. The lowest BCUT2D eigenvalue weighted by Crippen LogP contribution is -2.39. The fraction of sp³-hybridized carbons (Fsp3) is 0.261. The Balaban J connectivity index is 1.31. The fourth-order valence-corrected chi connectivity index (χ4v) is 3.69. The van der Waals surface area contributed by atoms with Gasteiger partial charge in [0.25, 0.3) is 0 Å². The number of rotatable bonds is 7. The third-order valence-electron chi connectivity index (χ3n) is 5.28. The van der Waals surface area contributed by atoms with Crippen molar-refractivity contribution in [1.29, 1.82) is 5.26 Å². The SMILES string of the molecule is N#Cc1ccc(Cn2cncc2CCN[C@@H]2CCN(c3ccccc3)C2=O)cc1. The van der Waals surface area contributed by atoms with Gasteiger partial charge in [-0.05, 0) is 36.2 Å². The molecule has 2 heterocycles. The van der Waals surface area contributed by atoms with E-state index in [1.54, 1.807) is 0 Å². The normalized spacial score (nSPS) is 16.2. The number of nitriles is 1. The summed E-state index contributed by atoms with van der Waals surface area (Å²) in [5, 5.41) is 12.3. The lowest BCUT2D eigenvalue weighted by molar-refractivity contribution is -0.118. The highest BCUT2D eigenvalue weighted by Gasteiger charge is 2.31. The Morgan fingerprint density at radius 1 is 1.14 bits per heavy atom. The molecule has 0 saturated carbocycles. The molecule has 0 bridgehead atoms. The minimum atomic E-state index is -0.134. The molecule has 1 aliphatic heterocycles. The van der Waals surface area contributed by atoms with E-state index in [4.69, 9.17) is 5.26 Å². The summed E-state index contributed by atoms with van der Waals surface area (Å²) in [6, 6.07) is 19.4. The Hall–Kier alpha value is -3.43. The topological polar surface area (TPSA) is 74.0 Å². The zero-order valence-electron chi connectivity index (χ0n) is 16.2. The van der Waals surface area contributed by atoms with Crippen molar-refractivity contribution in [1.82, 2.24) is 14.9 Å². The second-order valence-electron chi connectivity index (χ2n) is 7.19. The number of hydrogen-bond donors (Lipinski definition) is 1. The number of nitrogens with one attached hydrogen (secondary N) is 1. The molecule has 1 aliphatic rings. The number of anilines is 1. The van der Waals surface area contributed by atoms with Gasteiger partial charge in [0.1, 0.15) is 0 Å². The summed E-state index contributed by atoms with van der Waals surface area (Å²) in [5.74, 6) is 0.141. The van der Waals surface area contributed by atoms with Gasteiger partial charge in [0.2, 0.25) is 5.91 Å². The van der Waals surface area contributed by atoms with Crippen molar-refractivity contribution in [3.63, 3.8) is 0 Å². The maximum atomic E-state index is 12.7. The maximum Gasteiger partial charge on any atom is 0.244 e. The van der Waals surface area contributed by atoms with Gasteiger partial charge in [0, 0.05) is 43.6 Å². The van der Waals surface area contributed by atoms with Gasteiger partial charge in [-0.2, -0.15) is 5.26 Å². The summed E-state index contributed by atoms with van der Waals surface area (Å²) in [6.07, 6.45) is 5.31. The van der Waals surface area contributed by atoms with Crippen LogP contribution >= 0.6 is 0 Å². The third-order valence-corrected chi connectivity index (χ3v) is 5.28. The van der Waals surface area contributed by atoms with Crippen molar-refractivity contribution in [3.8, 4) is 6.07 Å². The molecule has 4 rings (SSSR count). The first-order valence-corrected chi connectivity index (χ1v) is 9.82. The number of benzene rings is 2. The second-order valence-corrected chi connectivity index (χ2v) is 7.19. The van der Waals surface area contributed by atoms with Crippen molar-refractivity contribution in [3.05, 3.63) is 83.9 Å². The van der Waals surface area contributed by atoms with Crippen molar-refractivity contribution in [2.75, 3.05) is 18.0 Å². The summed E-state index contributed by atoms with van der Waals surface area (Å²) < 4.78 is 2.11. The van der Waals surface area contributed by atoms with Crippen LogP contribution in [0.25, 0.3) is 0 Å². The molecule has 0 spiro atoms. The van der Waals surface area contributed by atoms with E-state index in [1.807, 2.05) is 72.0 Å². The van der Waals surface area contributed by atoms with Crippen LogP contribution in [0.2, 0.25) is 0 Å². The predicted molar refractivity (Wildman–Crippen MR) is 111 cm³/mol. The van der Waals surface area contributed by atoms with Crippen LogP contribution in [0.15, 0.2) is 67.1 Å². The van der Waals surface area contributed by atoms with Gasteiger partial charge < -0.3 is 14.8 Å². The number of para-hydroxylation sites is 1. The molecule has 2 aromatic carbocycles. The van der Waals surface area contributed by atoms with Crippen LogP contribution in [0.1, 0.15) is 23.2 Å². The van der Waals surface area contributed by atoms with Gasteiger partial charge in [-0.3, -0.25) is 4.79 Å². The van der Waals surface area contributed by atoms with Crippen LogP contribution in [0, 0.1) is 11.3 Å². The van der Waals surface area contributed by atoms with E-state index in [9.17, 15) is 4.79 Å². The Kier molecular flexibility index (Phi) is 5.68. The average Bonchev–Trinajstić information content (AvgIpc) is 3.36. The minimum Gasteiger partial charge on any atom is -0.330 e. The highest BCUT2D eigenvalue weighted by Crippen LogP contribution is 2.21. The molecule has 1 fully saturated rings. The fourth-order valence-electron chi connectivity index (χ4n) is 3.69. The summed E-state index contributed by atoms with van der Waals surface area (Å²) >= 11 is 0. The summed E-state index contributed by atoms with van der Waals surface area (Å²) in [6.45, 7) is 2.18. The number of carbonyl (C=O) groups excluding carboxylic acids is 1. The standard InChI is InChI=1S/C23H23N5O/c24-14-18-6-8-19(9-7-18)16-27-17-25-15-21(27)10-12-26-22-11-13-28(23(22)29)20-4-2-1-3-5-20/h1-9,15,17,22,26H,10-13,16H2/t22-/m1/s1. The molecule has 1 N–H and O–H groups in total. The maximum absolute atomic E-state index is 12.7. The molecule has 0 aliphatic carbocycles. The molecule has 1 aromatic heterocycles. The Morgan fingerprint density at radius 2 is 1.93 bits per heavy atom. The predicted octanol–water partition coefficient (Wildman–Crippen LogP) is 2.74. The second kappa shape index (κ2) is 8.72. The number of hydrogen-bond acceptors (Lipinski definition) is 4. The summed E-state index contributed by atoms with van der Waals surface area (Å²) in [7, 11) is 0. The van der Waals surface area contributed by atoms with Crippen molar-refractivity contribution < 1.29 is 4.79 Å². The van der Waals surface area contributed by atoms with Crippen LogP contribution in [0.4, 0.5) is 5.69 Å². The molecule has 1 amide bonds. The minimum absolute atomic E-state index is 0.134. The van der Waals surface area contributed by atoms with Crippen molar-refractivity contribution >= 4 is 11.6 Å². The first-order chi connectivity index (χ1) is 14.2. The molecular weight excluding hydrogens is 362 g/mol. The van der Waals surface area contributed by atoms with Gasteiger partial charge in [-0.1, -0.05) is 30.3 Å². The van der Waals surface area contributed by atoms with E-state index in [-0.39, 0.29) is 11.9 Å². The molecule has 0 radical (unpaired) electrons. The Labute approximate surface area is 170 Å². The zero-order chi connectivity index (χ0) is 20.1. The molecule has 1 atom stereocenters. The number of nitrogens with zero attached hydrogens (tertiary/aromatic N) is 4. The van der Waals surface area contributed by atoms with Crippen LogP contribution in [0.5, 0.6) is 0 Å². The first kappa shape index (κ1) is 18.9. The van der Waals surface area contributed by atoms with Crippen LogP contribution in [0.3, 0.4) is 0 Å². The van der Waals surface area contributed by atoms with E-state index in [0.717, 1.165) is 42.9 Å². The smallest absolute Gasteiger partial charge is 0.244 e. The van der Waals surface area contributed by atoms with Crippen LogP contribution in [-0.4, -0.2) is 34.6 Å². The van der Waals surface area contributed by atoms with E-state index >= 15 is 0 Å². The lowest BCUT2D eigenvalue weighted by Gasteiger charge is -2.17. The lowest BCUT2D eigenvalue weighted by atomic mass is 10.1. The molecule has 6 nitrogen and oxygen atoms in total. The summed E-state index contributed by atoms with van der Waals surface area (Å²) in [4.78, 5) is 18.8. The molecule has 3 aromatic rings. The third kappa shape index (κ3) is 4.36. The van der Waals surface area contributed by atoms with Gasteiger partial charge in [0.05, 0.1) is 24.0 Å². The zero-order valence-corrected chi connectivity index (χ0v) is 16.2. The number of amides is 1. The first-order valence-electron chi connectivity index (χ1n) is 9.82. The molecule has 29 heavy (non-hydrogen) atoms. The highest BCUT2D eigenvalue weighted by atomic mass is 16.2. The van der Waals surface area contributed by atoms with Gasteiger partial charge in [-0.15, -0.1) is 0 Å². The van der Waals surface area contributed by atoms with E-state index in [0.29, 0.717) is 12.1 Å². The van der Waals surface area contributed by atoms with Crippen molar-refractivity contribution in [2.45, 2.75) is 25.4 Å². The van der Waals surface area contributed by atoms with Crippen LogP contribution < -0.4 is 10.2 Å². The quantitative estimate of drug-likeness (QED) is 0.679. The van der Waals surface area contributed by atoms with Gasteiger partial charge in [-0.25, -0.2) is 4.98 Å². The molecular formula is C23H23N5O.